The maximum Gasteiger partial charge on any atom is 0.135 e. The Morgan fingerprint density at radius 2 is 1.85 bits per heavy atom. The van der Waals surface area contributed by atoms with Crippen LogP contribution >= 0.6 is 0 Å². The van der Waals surface area contributed by atoms with Crippen LogP contribution in [0, 0.1) is 0 Å². The molecule has 0 atom stereocenters. The van der Waals surface area contributed by atoms with Gasteiger partial charge in [0.2, 0.25) is 0 Å². The molecule has 0 fully saturated rings. The maximum absolute atomic E-state index is 3.46. The zero-order valence-corrected chi connectivity index (χ0v) is 9.77. The van der Waals surface area contributed by atoms with E-state index in [-0.39, 0.29) is 0 Å². The van der Waals surface area contributed by atoms with Gasteiger partial charge in [-0.05, 0) is 33.7 Å². The van der Waals surface area contributed by atoms with Crippen molar-refractivity contribution < 1.29 is 0 Å². The predicted octanol–water partition coefficient (Wildman–Crippen LogP) is 1.94. The van der Waals surface area contributed by atoms with E-state index in [0.29, 0.717) is 6.04 Å². The van der Waals surface area contributed by atoms with E-state index in [4.69, 9.17) is 0 Å². The Kier molecular flexibility index (Phi) is 8.46. The highest BCUT2D eigenvalue weighted by atomic mass is 15.2. The van der Waals surface area contributed by atoms with Gasteiger partial charge in [-0.1, -0.05) is 13.3 Å². The van der Waals surface area contributed by atoms with Crippen LogP contribution in [0.4, 0.5) is 0 Å². The van der Waals surface area contributed by atoms with E-state index in [2.05, 4.69) is 37.9 Å². The summed E-state index contributed by atoms with van der Waals surface area (Å²) >= 11 is 0. The maximum atomic E-state index is 3.46. The van der Waals surface area contributed by atoms with E-state index < -0.39 is 0 Å². The molecule has 0 aromatic rings. The lowest BCUT2D eigenvalue weighted by atomic mass is 10.3. The van der Waals surface area contributed by atoms with Gasteiger partial charge < -0.3 is 5.32 Å². The van der Waals surface area contributed by atoms with Crippen LogP contribution in [0.25, 0.3) is 0 Å². The van der Waals surface area contributed by atoms with Crippen LogP contribution in [0.15, 0.2) is 0 Å². The third-order valence-electron chi connectivity index (χ3n) is 2.42. The van der Waals surface area contributed by atoms with Gasteiger partial charge in [-0.2, -0.15) is 4.90 Å². The lowest BCUT2D eigenvalue weighted by Crippen LogP contribution is -2.41. The van der Waals surface area contributed by atoms with Gasteiger partial charge in [0.1, 0.15) is 19.1 Å². The minimum atomic E-state index is 0.679. The Balaban J connectivity index is 3.28. The standard InChI is InChI=1S/C11H26N2/c1-5-7-8-12-9-10-13(6-2)11(3)4/h11-12H,5-10H2,1-4H3/q+1. The molecule has 0 aliphatic heterocycles. The van der Waals surface area contributed by atoms with Crippen molar-refractivity contribution in [3.05, 3.63) is 0 Å². The number of hydrogen-bond acceptors (Lipinski definition) is 2. The largest absolute Gasteiger partial charge is 0.311 e. The van der Waals surface area contributed by atoms with Crippen LogP contribution in [0.2, 0.25) is 0 Å². The molecule has 13 heavy (non-hydrogen) atoms. The summed E-state index contributed by atoms with van der Waals surface area (Å²) in [6, 6.07) is 0.679. The number of nitrogens with one attached hydrogen (secondary N) is 1. The molecule has 0 aromatic carbocycles. The summed E-state index contributed by atoms with van der Waals surface area (Å²) < 4.78 is 0. The number of nitrogens with zero attached hydrogens (tertiary/aromatic N) is 1. The molecule has 0 aromatic heterocycles. The molecule has 0 amide bonds. The lowest BCUT2D eigenvalue weighted by molar-refractivity contribution is 0.358. The first-order valence-corrected chi connectivity index (χ1v) is 5.67. The molecule has 2 nitrogen and oxygen atoms in total. The first-order chi connectivity index (χ1) is 6.22. The van der Waals surface area contributed by atoms with Gasteiger partial charge in [0, 0.05) is 6.54 Å². The molecule has 0 heterocycles. The summed E-state index contributed by atoms with van der Waals surface area (Å²) in [6.07, 6.45) is 2.59. The van der Waals surface area contributed by atoms with Crippen molar-refractivity contribution >= 4 is 0 Å². The highest BCUT2D eigenvalue weighted by molar-refractivity contribution is 4.67. The summed E-state index contributed by atoms with van der Waals surface area (Å²) in [5.74, 6) is 0. The van der Waals surface area contributed by atoms with Crippen molar-refractivity contribution in [1.82, 2.24) is 10.2 Å². The molecular weight excluding hydrogens is 160 g/mol. The molecule has 0 aliphatic rings. The fraction of sp³-hybridized carbons (Fsp3) is 1.00. The average Bonchev–Trinajstić information content (AvgIpc) is 2.10. The van der Waals surface area contributed by atoms with Gasteiger partial charge in [-0.3, -0.25) is 0 Å². The van der Waals surface area contributed by atoms with E-state index in [9.17, 15) is 0 Å². The quantitative estimate of drug-likeness (QED) is 0.453. The van der Waals surface area contributed by atoms with Gasteiger partial charge in [0.15, 0.2) is 0 Å². The Labute approximate surface area is 83.7 Å². The molecule has 2 heteroatoms. The summed E-state index contributed by atoms with van der Waals surface area (Å²) in [5, 5.41) is 3.46. The Bertz CT molecular complexity index is 102. The highest BCUT2D eigenvalue weighted by Crippen LogP contribution is 1.91. The SMILES string of the molecule is CCCCNCC[N+](CC)C(C)C. The summed E-state index contributed by atoms with van der Waals surface area (Å²) in [4.78, 5) is 2.49. The topological polar surface area (TPSA) is 17.9 Å². The number of likely N-dealkylation sites (N-methyl/N-ethyl adjacent to an activating group) is 1. The summed E-state index contributed by atoms with van der Waals surface area (Å²) in [7, 11) is 0. The normalized spacial score (nSPS) is 11.5. The van der Waals surface area contributed by atoms with Crippen molar-refractivity contribution in [3.63, 3.8) is 0 Å². The third-order valence-corrected chi connectivity index (χ3v) is 2.42. The Hall–Kier alpha value is -0.0800. The number of hydrogen-bond donors (Lipinski definition) is 1. The zero-order valence-electron chi connectivity index (χ0n) is 9.77. The van der Waals surface area contributed by atoms with Crippen LogP contribution in [0.5, 0.6) is 0 Å². The fourth-order valence-electron chi connectivity index (χ4n) is 1.43. The summed E-state index contributed by atoms with van der Waals surface area (Å²) in [6.45, 7) is 13.6. The van der Waals surface area contributed by atoms with Gasteiger partial charge >= 0.3 is 0 Å². The Morgan fingerprint density at radius 3 is 2.31 bits per heavy atom. The van der Waals surface area contributed by atoms with Crippen molar-refractivity contribution in [2.75, 3.05) is 26.2 Å². The highest BCUT2D eigenvalue weighted by Gasteiger charge is 2.15. The minimum Gasteiger partial charge on any atom is -0.311 e. The van der Waals surface area contributed by atoms with Crippen molar-refractivity contribution in [3.8, 4) is 0 Å². The molecule has 0 saturated carbocycles. The number of unbranched alkanes of at least 4 members (excludes halogenated alkanes) is 1. The second-order valence-electron chi connectivity index (χ2n) is 3.83. The second kappa shape index (κ2) is 8.52. The van der Waals surface area contributed by atoms with Crippen LogP contribution in [-0.4, -0.2) is 32.2 Å². The van der Waals surface area contributed by atoms with E-state index >= 15 is 0 Å². The van der Waals surface area contributed by atoms with Crippen LogP contribution in [-0.2, 0) is 0 Å². The lowest BCUT2D eigenvalue weighted by Gasteiger charge is -2.14. The second-order valence-corrected chi connectivity index (χ2v) is 3.83. The molecule has 1 radical (unpaired) electrons. The Morgan fingerprint density at radius 1 is 1.15 bits per heavy atom. The van der Waals surface area contributed by atoms with Crippen LogP contribution in [0.3, 0.4) is 0 Å². The van der Waals surface area contributed by atoms with E-state index in [0.717, 1.165) is 13.1 Å². The van der Waals surface area contributed by atoms with Crippen LogP contribution < -0.4 is 10.2 Å². The third kappa shape index (κ3) is 7.03. The predicted molar refractivity (Wildman–Crippen MR) is 60.5 cm³/mol. The van der Waals surface area contributed by atoms with Gasteiger partial charge in [-0.25, -0.2) is 0 Å². The molecule has 79 valence electrons. The molecule has 0 unspecified atom stereocenters. The fourth-order valence-corrected chi connectivity index (χ4v) is 1.43. The average molecular weight is 186 g/mol. The van der Waals surface area contributed by atoms with E-state index in [1.54, 1.807) is 0 Å². The first kappa shape index (κ1) is 12.9. The van der Waals surface area contributed by atoms with Gasteiger partial charge in [-0.15, -0.1) is 0 Å². The minimum absolute atomic E-state index is 0.679. The summed E-state index contributed by atoms with van der Waals surface area (Å²) in [5.41, 5.74) is 0. The van der Waals surface area contributed by atoms with Crippen molar-refractivity contribution in [2.24, 2.45) is 0 Å². The van der Waals surface area contributed by atoms with Crippen LogP contribution in [0.1, 0.15) is 40.5 Å². The number of rotatable bonds is 8. The van der Waals surface area contributed by atoms with Gasteiger partial charge in [0.25, 0.3) is 0 Å². The van der Waals surface area contributed by atoms with Crippen molar-refractivity contribution in [2.45, 2.75) is 46.6 Å². The molecule has 0 saturated heterocycles. The first-order valence-electron chi connectivity index (χ1n) is 5.67. The van der Waals surface area contributed by atoms with E-state index in [1.165, 1.54) is 25.9 Å². The molecule has 0 bridgehead atoms. The molecule has 1 N–H and O–H groups in total. The van der Waals surface area contributed by atoms with Crippen molar-refractivity contribution in [1.29, 1.82) is 0 Å². The molecule has 0 aliphatic carbocycles. The molecule has 0 spiro atoms. The molecular formula is C11H26N2+. The van der Waals surface area contributed by atoms with Gasteiger partial charge in [0.05, 0.1) is 0 Å². The molecule has 0 rings (SSSR count). The smallest absolute Gasteiger partial charge is 0.135 e. The monoisotopic (exact) mass is 186 g/mol. The van der Waals surface area contributed by atoms with E-state index in [1.807, 2.05) is 0 Å². The zero-order chi connectivity index (χ0) is 10.1.